The monoisotopic (exact) mass is 432 g/mol. The molecule has 10 heteroatoms. The maximum absolute atomic E-state index is 13.3. The Morgan fingerprint density at radius 2 is 1.74 bits per heavy atom. The van der Waals surface area contributed by atoms with E-state index in [1.165, 1.54) is 25.3 Å². The first-order chi connectivity index (χ1) is 14.6. The normalized spacial score (nSPS) is 25.5. The quantitative estimate of drug-likeness (QED) is 0.410. The van der Waals surface area contributed by atoms with Gasteiger partial charge < -0.3 is 14.8 Å². The summed E-state index contributed by atoms with van der Waals surface area (Å²) in [6, 6.07) is 5.92. The van der Waals surface area contributed by atoms with Crippen LogP contribution >= 0.6 is 0 Å². The van der Waals surface area contributed by atoms with E-state index in [-0.39, 0.29) is 28.8 Å². The Kier molecular flexibility index (Phi) is 6.14. The minimum Gasteiger partial charge on any atom is -0.466 e. The lowest BCUT2D eigenvalue weighted by atomic mass is 9.79. The highest BCUT2D eigenvalue weighted by Crippen LogP contribution is 2.44. The fourth-order valence-corrected chi connectivity index (χ4v) is 3.85. The highest BCUT2D eigenvalue weighted by Gasteiger charge is 2.50. The van der Waals surface area contributed by atoms with E-state index in [0.29, 0.717) is 11.4 Å². The molecule has 1 aromatic rings. The van der Waals surface area contributed by atoms with Gasteiger partial charge in [0, 0.05) is 29.4 Å². The molecule has 0 saturated carbocycles. The number of rotatable bonds is 6. The first-order valence-corrected chi connectivity index (χ1v) is 9.73. The van der Waals surface area contributed by atoms with Gasteiger partial charge in [0.25, 0.3) is 5.69 Å². The van der Waals surface area contributed by atoms with Crippen LogP contribution in [0.2, 0.25) is 0 Å². The van der Waals surface area contributed by atoms with Crippen LogP contribution in [-0.4, -0.2) is 36.2 Å². The molecule has 2 heterocycles. The van der Waals surface area contributed by atoms with Gasteiger partial charge in [-0.1, -0.05) is 25.1 Å². The second-order valence-electron chi connectivity index (χ2n) is 7.17. The number of nitro benzene ring substituents is 1. The lowest BCUT2D eigenvalue weighted by Gasteiger charge is -2.44. The van der Waals surface area contributed by atoms with E-state index < -0.39 is 35.0 Å². The Bertz CT molecular complexity index is 991. The number of para-hydroxylation sites is 1. The van der Waals surface area contributed by atoms with E-state index in [2.05, 4.69) is 5.32 Å². The van der Waals surface area contributed by atoms with Gasteiger partial charge in [0.2, 0.25) is 0 Å². The van der Waals surface area contributed by atoms with Crippen molar-refractivity contribution < 1.29 is 33.5 Å². The number of nitrogens with one attached hydrogen (secondary N) is 1. The number of carbonyl (C=O) groups is 2. The van der Waals surface area contributed by atoms with Crippen molar-refractivity contribution >= 4 is 17.6 Å². The molecule has 0 radical (unpaired) electrons. The van der Waals surface area contributed by atoms with Gasteiger partial charge in [-0.05, 0) is 20.8 Å². The fraction of sp³-hybridized carbons (Fsp3) is 0.429. The van der Waals surface area contributed by atoms with Crippen molar-refractivity contribution in [2.75, 3.05) is 7.11 Å². The third-order valence-electron chi connectivity index (χ3n) is 5.20. The minimum absolute atomic E-state index is 0.0277. The van der Waals surface area contributed by atoms with Gasteiger partial charge in [-0.3, -0.25) is 19.6 Å². The first-order valence-electron chi connectivity index (χ1n) is 9.73. The predicted molar refractivity (Wildman–Crippen MR) is 107 cm³/mol. The number of carbonyl (C=O) groups excluding carboxylic acids is 2. The van der Waals surface area contributed by atoms with Gasteiger partial charge in [0.1, 0.15) is 0 Å². The van der Waals surface area contributed by atoms with E-state index in [1.54, 1.807) is 33.8 Å². The molecule has 3 rings (SSSR count). The van der Waals surface area contributed by atoms with Crippen LogP contribution in [0, 0.1) is 10.1 Å². The van der Waals surface area contributed by atoms with Crippen LogP contribution in [0.3, 0.4) is 0 Å². The molecule has 0 spiro atoms. The molecule has 0 bridgehead atoms. The smallest absolute Gasteiger partial charge is 0.341 e. The van der Waals surface area contributed by atoms with Crippen molar-refractivity contribution in [3.8, 4) is 0 Å². The number of nitro groups is 1. The maximum Gasteiger partial charge on any atom is 0.341 e. The summed E-state index contributed by atoms with van der Waals surface area (Å²) in [5, 5.41) is 14.7. The second kappa shape index (κ2) is 8.48. The zero-order chi connectivity index (χ0) is 22.9. The van der Waals surface area contributed by atoms with E-state index in [0.717, 1.165) is 0 Å². The van der Waals surface area contributed by atoms with Gasteiger partial charge in [-0.25, -0.2) is 9.59 Å². The zero-order valence-electron chi connectivity index (χ0n) is 17.9. The highest BCUT2D eigenvalue weighted by molar-refractivity contribution is 6.00. The van der Waals surface area contributed by atoms with Crippen molar-refractivity contribution in [1.29, 1.82) is 0 Å². The number of hydrogen-bond donors (Lipinski definition) is 1. The van der Waals surface area contributed by atoms with Crippen molar-refractivity contribution in [3.05, 3.63) is 62.5 Å². The van der Waals surface area contributed by atoms with E-state index in [9.17, 15) is 19.7 Å². The molecule has 1 unspecified atom stereocenters. The molecule has 31 heavy (non-hydrogen) atoms. The molecular weight excluding hydrogens is 408 g/mol. The van der Waals surface area contributed by atoms with E-state index in [1.807, 2.05) is 0 Å². The first kappa shape index (κ1) is 22.4. The van der Waals surface area contributed by atoms with Gasteiger partial charge >= 0.3 is 17.9 Å². The molecule has 0 aliphatic carbocycles. The molecule has 0 aromatic heterocycles. The summed E-state index contributed by atoms with van der Waals surface area (Å²) in [5.41, 5.74) is 0.825. The van der Waals surface area contributed by atoms with Crippen molar-refractivity contribution in [1.82, 2.24) is 5.32 Å². The average Bonchev–Trinajstić information content (AvgIpc) is 2.71. The van der Waals surface area contributed by atoms with E-state index in [4.69, 9.17) is 18.9 Å². The summed E-state index contributed by atoms with van der Waals surface area (Å²) in [6.45, 7) is 6.64. The number of methoxy groups -OCH3 is 1. The molecule has 10 nitrogen and oxygen atoms in total. The SMILES string of the molecule is CCC1(OC(=O)C2=C(C)NC(C)=C(C(=O)OC)C2c2ccccc2[N+](=O)[O-])OC(C)O1. The van der Waals surface area contributed by atoms with Crippen LogP contribution in [0.15, 0.2) is 46.8 Å². The maximum atomic E-state index is 13.3. The van der Waals surface area contributed by atoms with Gasteiger partial charge in [0.15, 0.2) is 6.29 Å². The Hall–Kier alpha value is -3.24. The summed E-state index contributed by atoms with van der Waals surface area (Å²) >= 11 is 0. The minimum atomic E-state index is -1.54. The number of ether oxygens (including phenoxy) is 4. The number of nitrogens with zero attached hydrogens (tertiary/aromatic N) is 1. The Labute approximate surface area is 178 Å². The Morgan fingerprint density at radius 1 is 1.16 bits per heavy atom. The molecule has 1 N–H and O–H groups in total. The number of allylic oxidation sites excluding steroid dienone is 2. The molecule has 2 aliphatic rings. The van der Waals surface area contributed by atoms with Crippen molar-refractivity contribution in [3.63, 3.8) is 0 Å². The van der Waals surface area contributed by atoms with Crippen LogP contribution in [0.1, 0.15) is 45.6 Å². The predicted octanol–water partition coefficient (Wildman–Crippen LogP) is 3.00. The summed E-state index contributed by atoms with van der Waals surface area (Å²) in [4.78, 5) is 37.1. The molecule has 1 saturated heterocycles. The third kappa shape index (κ3) is 4.04. The molecule has 0 amide bonds. The standard InChI is InChI=1S/C21H24N2O8/c1-6-21(29-13(4)30-21)31-20(25)17-12(3)22-11(2)16(19(24)28-5)18(17)14-9-7-8-10-15(14)23(26)27/h7-10,13,18,22H,6H2,1-5H3. The Morgan fingerprint density at radius 3 is 2.26 bits per heavy atom. The molecule has 1 fully saturated rings. The van der Waals surface area contributed by atoms with Gasteiger partial charge in [0.05, 0.1) is 29.1 Å². The zero-order valence-corrected chi connectivity index (χ0v) is 17.9. The highest BCUT2D eigenvalue weighted by atomic mass is 17.0. The topological polar surface area (TPSA) is 126 Å². The van der Waals surface area contributed by atoms with Crippen LogP contribution in [-0.2, 0) is 28.5 Å². The number of hydrogen-bond acceptors (Lipinski definition) is 9. The van der Waals surface area contributed by atoms with Crippen molar-refractivity contribution in [2.45, 2.75) is 52.3 Å². The number of benzene rings is 1. The average molecular weight is 432 g/mol. The second-order valence-corrected chi connectivity index (χ2v) is 7.17. The molecule has 1 atom stereocenters. The third-order valence-corrected chi connectivity index (χ3v) is 5.20. The summed E-state index contributed by atoms with van der Waals surface area (Å²) in [6.07, 6.45) is -0.302. The van der Waals surface area contributed by atoms with Gasteiger partial charge in [-0.15, -0.1) is 0 Å². The van der Waals surface area contributed by atoms with E-state index >= 15 is 0 Å². The Balaban J connectivity index is 2.14. The molecular formula is C21H24N2O8. The lowest BCUT2D eigenvalue weighted by Crippen LogP contribution is -2.55. The fourth-order valence-electron chi connectivity index (χ4n) is 3.85. The lowest BCUT2D eigenvalue weighted by molar-refractivity contribution is -0.523. The van der Waals surface area contributed by atoms with Crippen LogP contribution in [0.25, 0.3) is 0 Å². The largest absolute Gasteiger partial charge is 0.466 e. The molecule has 166 valence electrons. The summed E-state index contributed by atoms with van der Waals surface area (Å²) < 4.78 is 21.4. The van der Waals surface area contributed by atoms with Crippen LogP contribution < -0.4 is 5.32 Å². The number of esters is 2. The van der Waals surface area contributed by atoms with Crippen LogP contribution in [0.5, 0.6) is 0 Å². The molecule has 1 aromatic carbocycles. The van der Waals surface area contributed by atoms with Crippen LogP contribution in [0.4, 0.5) is 5.69 Å². The summed E-state index contributed by atoms with van der Waals surface area (Å²) in [7, 11) is 1.20. The van der Waals surface area contributed by atoms with Crippen molar-refractivity contribution in [2.24, 2.45) is 0 Å². The summed E-state index contributed by atoms with van der Waals surface area (Å²) in [5.74, 6) is -4.18. The van der Waals surface area contributed by atoms with Gasteiger partial charge in [-0.2, -0.15) is 0 Å². The molecule has 2 aliphatic heterocycles. The number of dihydropyridines is 1.